The molecule has 0 aromatic rings. The van der Waals surface area contributed by atoms with Crippen LogP contribution in [0.1, 0.15) is 252 Å². The quantitative estimate of drug-likeness (QED) is 0.0261. The lowest BCUT2D eigenvalue weighted by atomic mass is 10.1. The summed E-state index contributed by atoms with van der Waals surface area (Å²) in [6.07, 6.45) is 88.6. The Morgan fingerprint density at radius 3 is 0.893 bits per heavy atom. The molecule has 0 aromatic heterocycles. The van der Waals surface area contributed by atoms with Crippen molar-refractivity contribution in [2.24, 2.45) is 0 Å². The van der Waals surface area contributed by atoms with Gasteiger partial charge < -0.3 is 14.2 Å². The van der Waals surface area contributed by atoms with Gasteiger partial charge >= 0.3 is 17.9 Å². The molecule has 0 aliphatic heterocycles. The molecule has 0 rings (SSSR count). The Hall–Kier alpha value is -4.71. The van der Waals surface area contributed by atoms with Crippen LogP contribution in [0.3, 0.4) is 0 Å². The number of hydrogen-bond acceptors (Lipinski definition) is 6. The monoisotopic (exact) mass is 1030 g/mol. The third kappa shape index (κ3) is 60.0. The molecule has 0 aliphatic carbocycles. The average Bonchev–Trinajstić information content (AvgIpc) is 3.41. The minimum Gasteiger partial charge on any atom is -0.462 e. The predicted molar refractivity (Wildman–Crippen MR) is 325 cm³/mol. The highest BCUT2D eigenvalue weighted by atomic mass is 16.6. The van der Waals surface area contributed by atoms with Gasteiger partial charge in [0, 0.05) is 19.3 Å². The summed E-state index contributed by atoms with van der Waals surface area (Å²) < 4.78 is 16.8. The standard InChI is InChI=1S/C69H110O6/c1-4-7-10-13-16-19-21-23-25-27-29-30-31-32-33-34-35-36-37-38-40-41-43-45-47-50-53-56-59-62-68(71)74-65-66(64-73-67(70)61-58-55-52-49-18-15-12-9-6-3)75-69(72)63-60-57-54-51-48-46-44-42-39-28-26-24-22-20-17-14-11-8-5-2/h7,10,16-17,19-20,23-26,29-30,32-33,35-36,38-40,42-43,45,50,53,66H,4-6,8-9,11-15,18,21-22,27-28,31,34,37,41,44,46-49,51-52,54-65H2,1-3H3/b10-7-,19-16-,20-17-,25-23-,26-24-,30-29-,33-32-,36-35-,40-38-,42-39-,45-43-,53-50-. The van der Waals surface area contributed by atoms with Gasteiger partial charge in [0.15, 0.2) is 6.10 Å². The molecule has 1 unspecified atom stereocenters. The Morgan fingerprint density at radius 1 is 0.280 bits per heavy atom. The second kappa shape index (κ2) is 61.8. The van der Waals surface area contributed by atoms with E-state index in [4.69, 9.17) is 14.2 Å². The Balaban J connectivity index is 4.40. The van der Waals surface area contributed by atoms with E-state index in [2.05, 4.69) is 167 Å². The second-order valence-corrected chi connectivity index (χ2v) is 19.5. The van der Waals surface area contributed by atoms with Gasteiger partial charge in [0.25, 0.3) is 0 Å². The van der Waals surface area contributed by atoms with E-state index < -0.39 is 6.10 Å². The van der Waals surface area contributed by atoms with E-state index in [9.17, 15) is 14.4 Å². The average molecular weight is 1040 g/mol. The van der Waals surface area contributed by atoms with Crippen molar-refractivity contribution in [1.82, 2.24) is 0 Å². The third-order valence-electron chi connectivity index (χ3n) is 12.3. The van der Waals surface area contributed by atoms with Gasteiger partial charge in [-0.1, -0.05) is 256 Å². The van der Waals surface area contributed by atoms with Crippen LogP contribution in [-0.4, -0.2) is 37.2 Å². The molecule has 0 saturated carbocycles. The molecule has 422 valence electrons. The highest BCUT2D eigenvalue weighted by Gasteiger charge is 2.19. The van der Waals surface area contributed by atoms with Crippen LogP contribution < -0.4 is 0 Å². The molecule has 0 radical (unpaired) electrons. The van der Waals surface area contributed by atoms with E-state index in [1.807, 2.05) is 0 Å². The van der Waals surface area contributed by atoms with E-state index >= 15 is 0 Å². The van der Waals surface area contributed by atoms with Gasteiger partial charge in [0.2, 0.25) is 0 Å². The molecule has 0 heterocycles. The van der Waals surface area contributed by atoms with Crippen LogP contribution in [-0.2, 0) is 28.6 Å². The van der Waals surface area contributed by atoms with Crippen LogP contribution in [0.15, 0.2) is 146 Å². The maximum absolute atomic E-state index is 12.8. The molecule has 0 aromatic carbocycles. The molecule has 0 fully saturated rings. The van der Waals surface area contributed by atoms with Gasteiger partial charge in [0.1, 0.15) is 13.2 Å². The minimum atomic E-state index is -0.813. The van der Waals surface area contributed by atoms with Crippen molar-refractivity contribution in [2.45, 2.75) is 258 Å². The lowest BCUT2D eigenvalue weighted by molar-refractivity contribution is -0.167. The van der Waals surface area contributed by atoms with Crippen LogP contribution in [0.25, 0.3) is 0 Å². The number of hydrogen-bond donors (Lipinski definition) is 0. The number of esters is 3. The summed E-state index contributed by atoms with van der Waals surface area (Å²) in [7, 11) is 0. The molecule has 0 spiro atoms. The van der Waals surface area contributed by atoms with Crippen LogP contribution in [0.4, 0.5) is 0 Å². The maximum Gasteiger partial charge on any atom is 0.306 e. The first-order valence-electron chi connectivity index (χ1n) is 30.3. The highest BCUT2D eigenvalue weighted by molar-refractivity contribution is 5.71. The fourth-order valence-corrected chi connectivity index (χ4v) is 7.80. The molecule has 0 saturated heterocycles. The zero-order valence-corrected chi connectivity index (χ0v) is 48.3. The number of ether oxygens (including phenoxy) is 3. The van der Waals surface area contributed by atoms with Crippen molar-refractivity contribution in [2.75, 3.05) is 13.2 Å². The number of unbranched alkanes of at least 4 members (excludes halogenated alkanes) is 18. The second-order valence-electron chi connectivity index (χ2n) is 19.5. The van der Waals surface area contributed by atoms with Crippen molar-refractivity contribution in [3.05, 3.63) is 146 Å². The molecule has 0 N–H and O–H groups in total. The summed E-state index contributed by atoms with van der Waals surface area (Å²) in [6, 6.07) is 0. The fourth-order valence-electron chi connectivity index (χ4n) is 7.80. The summed E-state index contributed by atoms with van der Waals surface area (Å²) in [5.74, 6) is -0.988. The minimum absolute atomic E-state index is 0.105. The zero-order chi connectivity index (χ0) is 54.3. The SMILES string of the molecule is CC/C=C\C/C=C\C/C=C\C/C=C\C/C=C\C/C=C\C/C=C\C/C=C\C/C=C\CCCC(=O)OCC(COC(=O)CCCCCCCCCCC)OC(=O)CCCCCCCC/C=C\C/C=C\C/C=C\CCCCC. The molecular formula is C69H110O6. The maximum atomic E-state index is 12.8. The van der Waals surface area contributed by atoms with Crippen LogP contribution >= 0.6 is 0 Å². The summed E-state index contributed by atoms with van der Waals surface area (Å²) >= 11 is 0. The lowest BCUT2D eigenvalue weighted by Crippen LogP contribution is -2.30. The Bertz CT molecular complexity index is 1660. The number of allylic oxidation sites excluding steroid dienone is 24. The highest BCUT2D eigenvalue weighted by Crippen LogP contribution is 2.14. The molecule has 1 atom stereocenters. The summed E-state index contributed by atoms with van der Waals surface area (Å²) in [5, 5.41) is 0. The fraction of sp³-hybridized carbons (Fsp3) is 0.609. The summed E-state index contributed by atoms with van der Waals surface area (Å²) in [5.41, 5.74) is 0. The van der Waals surface area contributed by atoms with Crippen LogP contribution in [0, 0.1) is 0 Å². The van der Waals surface area contributed by atoms with Gasteiger partial charge in [-0.05, 0) is 122 Å². The molecular weight excluding hydrogens is 925 g/mol. The van der Waals surface area contributed by atoms with E-state index in [1.54, 1.807) is 0 Å². The number of carbonyl (C=O) groups excluding carboxylic acids is 3. The molecule has 0 bridgehead atoms. The molecule has 0 aliphatic rings. The van der Waals surface area contributed by atoms with Gasteiger partial charge in [-0.2, -0.15) is 0 Å². The van der Waals surface area contributed by atoms with Crippen molar-refractivity contribution in [3.8, 4) is 0 Å². The molecule has 6 nitrogen and oxygen atoms in total. The zero-order valence-electron chi connectivity index (χ0n) is 48.3. The van der Waals surface area contributed by atoms with E-state index in [1.165, 1.54) is 77.0 Å². The normalized spacial score (nSPS) is 13.2. The Morgan fingerprint density at radius 2 is 0.533 bits per heavy atom. The van der Waals surface area contributed by atoms with Gasteiger partial charge in [-0.15, -0.1) is 0 Å². The van der Waals surface area contributed by atoms with Crippen molar-refractivity contribution in [1.29, 1.82) is 0 Å². The number of carbonyl (C=O) groups is 3. The van der Waals surface area contributed by atoms with E-state index in [0.717, 1.165) is 128 Å². The van der Waals surface area contributed by atoms with Crippen LogP contribution in [0.2, 0.25) is 0 Å². The largest absolute Gasteiger partial charge is 0.462 e. The summed E-state index contributed by atoms with van der Waals surface area (Å²) in [6.45, 7) is 6.41. The van der Waals surface area contributed by atoms with Gasteiger partial charge in [-0.25, -0.2) is 0 Å². The third-order valence-corrected chi connectivity index (χ3v) is 12.3. The van der Waals surface area contributed by atoms with Crippen LogP contribution in [0.5, 0.6) is 0 Å². The first kappa shape index (κ1) is 70.3. The number of rotatable bonds is 53. The smallest absolute Gasteiger partial charge is 0.306 e. The predicted octanol–water partition coefficient (Wildman–Crippen LogP) is 20.8. The van der Waals surface area contributed by atoms with Crippen molar-refractivity contribution >= 4 is 17.9 Å². The van der Waals surface area contributed by atoms with Crippen molar-refractivity contribution < 1.29 is 28.6 Å². The van der Waals surface area contributed by atoms with Gasteiger partial charge in [-0.3, -0.25) is 14.4 Å². The topological polar surface area (TPSA) is 78.9 Å². The van der Waals surface area contributed by atoms with E-state index in [-0.39, 0.29) is 37.5 Å². The summed E-state index contributed by atoms with van der Waals surface area (Å²) in [4.78, 5) is 38.1. The lowest BCUT2D eigenvalue weighted by Gasteiger charge is -2.18. The Kier molecular flexibility index (Phi) is 58.0. The van der Waals surface area contributed by atoms with E-state index in [0.29, 0.717) is 19.3 Å². The van der Waals surface area contributed by atoms with Gasteiger partial charge in [0.05, 0.1) is 0 Å². The van der Waals surface area contributed by atoms with Crippen molar-refractivity contribution in [3.63, 3.8) is 0 Å². The first-order chi connectivity index (χ1) is 37.0. The molecule has 6 heteroatoms. The molecule has 0 amide bonds. The first-order valence-corrected chi connectivity index (χ1v) is 30.3. The Labute approximate surface area is 461 Å². The molecule has 75 heavy (non-hydrogen) atoms.